The summed E-state index contributed by atoms with van der Waals surface area (Å²) in [6, 6.07) is 8.09. The highest BCUT2D eigenvalue weighted by Gasteiger charge is 2.15. The maximum atomic E-state index is 9.24. The van der Waals surface area contributed by atoms with E-state index in [0.29, 0.717) is 0 Å². The van der Waals surface area contributed by atoms with Gasteiger partial charge in [-0.25, -0.2) is 0 Å². The number of aliphatic hydroxyl groups excluding tert-OH is 1. The SMILES string of the molecule is OC1[C]c2ccccc2CC1. The Balaban J connectivity index is 2.34. The molecule has 1 unspecified atom stereocenters. The van der Waals surface area contributed by atoms with Gasteiger partial charge in [0.15, 0.2) is 0 Å². The first-order chi connectivity index (χ1) is 5.36. The summed E-state index contributed by atoms with van der Waals surface area (Å²) >= 11 is 0. The number of fused-ring (bicyclic) bond motifs is 1. The van der Waals surface area contributed by atoms with Crippen LogP contribution >= 0.6 is 0 Å². The van der Waals surface area contributed by atoms with Crippen LogP contribution < -0.4 is 0 Å². The Morgan fingerprint density at radius 1 is 1.36 bits per heavy atom. The minimum Gasteiger partial charge on any atom is -0.392 e. The van der Waals surface area contributed by atoms with Crippen molar-refractivity contribution in [2.45, 2.75) is 18.9 Å². The van der Waals surface area contributed by atoms with E-state index in [-0.39, 0.29) is 6.10 Å². The van der Waals surface area contributed by atoms with Gasteiger partial charge in [-0.2, -0.15) is 0 Å². The predicted molar refractivity (Wildman–Crippen MR) is 43.1 cm³/mol. The molecule has 0 heterocycles. The fourth-order valence-corrected chi connectivity index (χ4v) is 1.42. The van der Waals surface area contributed by atoms with Gasteiger partial charge in [-0.1, -0.05) is 24.3 Å². The van der Waals surface area contributed by atoms with Crippen LogP contribution in [-0.2, 0) is 6.42 Å². The summed E-state index contributed by atoms with van der Waals surface area (Å²) in [4.78, 5) is 0. The molecule has 0 fully saturated rings. The van der Waals surface area contributed by atoms with Crippen molar-refractivity contribution in [1.82, 2.24) is 0 Å². The lowest BCUT2D eigenvalue weighted by atomic mass is 9.90. The summed E-state index contributed by atoms with van der Waals surface area (Å²) in [5.74, 6) is 0. The highest BCUT2D eigenvalue weighted by atomic mass is 16.3. The van der Waals surface area contributed by atoms with Crippen LogP contribution in [0.3, 0.4) is 0 Å². The van der Waals surface area contributed by atoms with Crippen molar-refractivity contribution in [2.75, 3.05) is 0 Å². The second kappa shape index (κ2) is 2.67. The highest BCUT2D eigenvalue weighted by molar-refractivity contribution is 5.36. The van der Waals surface area contributed by atoms with Gasteiger partial charge < -0.3 is 5.11 Å². The zero-order valence-electron chi connectivity index (χ0n) is 6.25. The van der Waals surface area contributed by atoms with Crippen molar-refractivity contribution < 1.29 is 5.11 Å². The molecular weight excluding hydrogens is 136 g/mol. The van der Waals surface area contributed by atoms with Crippen LogP contribution in [0.2, 0.25) is 0 Å². The average Bonchev–Trinajstić information content (AvgIpc) is 2.04. The van der Waals surface area contributed by atoms with E-state index >= 15 is 0 Å². The Bertz CT molecular complexity index is 255. The van der Waals surface area contributed by atoms with Gasteiger partial charge in [-0.05, 0) is 24.0 Å². The van der Waals surface area contributed by atoms with E-state index in [1.807, 2.05) is 18.2 Å². The molecule has 11 heavy (non-hydrogen) atoms. The first-order valence-corrected chi connectivity index (χ1v) is 3.89. The molecule has 0 aliphatic heterocycles. The Hall–Kier alpha value is -0.820. The molecule has 0 aromatic heterocycles. The number of hydrogen-bond donors (Lipinski definition) is 1. The summed E-state index contributed by atoms with van der Waals surface area (Å²) in [7, 11) is 0. The smallest absolute Gasteiger partial charge is 0.0660 e. The van der Waals surface area contributed by atoms with Crippen LogP contribution in [-0.4, -0.2) is 11.2 Å². The highest BCUT2D eigenvalue weighted by Crippen LogP contribution is 2.22. The van der Waals surface area contributed by atoms with Crippen LogP contribution in [0, 0.1) is 6.42 Å². The first-order valence-electron chi connectivity index (χ1n) is 3.89. The van der Waals surface area contributed by atoms with E-state index in [9.17, 15) is 5.11 Å². The topological polar surface area (TPSA) is 20.2 Å². The summed E-state index contributed by atoms with van der Waals surface area (Å²) < 4.78 is 0. The lowest BCUT2D eigenvalue weighted by molar-refractivity contribution is 0.195. The van der Waals surface area contributed by atoms with Crippen molar-refractivity contribution in [3.63, 3.8) is 0 Å². The third kappa shape index (κ3) is 1.29. The number of aryl methyl sites for hydroxylation is 1. The van der Waals surface area contributed by atoms with Gasteiger partial charge in [0.2, 0.25) is 0 Å². The molecule has 2 rings (SSSR count). The Morgan fingerprint density at radius 2 is 2.18 bits per heavy atom. The van der Waals surface area contributed by atoms with Gasteiger partial charge in [-0.3, -0.25) is 0 Å². The van der Waals surface area contributed by atoms with Gasteiger partial charge in [-0.15, -0.1) is 0 Å². The van der Waals surface area contributed by atoms with E-state index < -0.39 is 0 Å². The minimum atomic E-state index is -0.357. The van der Waals surface area contributed by atoms with Gasteiger partial charge >= 0.3 is 0 Å². The Kier molecular flexibility index (Phi) is 1.66. The Morgan fingerprint density at radius 3 is 3.09 bits per heavy atom. The molecule has 0 spiro atoms. The summed E-state index contributed by atoms with van der Waals surface area (Å²) in [6.45, 7) is 0. The van der Waals surface area contributed by atoms with Crippen LogP contribution in [0.1, 0.15) is 17.5 Å². The molecule has 1 aromatic carbocycles. The van der Waals surface area contributed by atoms with Crippen molar-refractivity contribution in [1.29, 1.82) is 0 Å². The van der Waals surface area contributed by atoms with E-state index in [4.69, 9.17) is 0 Å². The van der Waals surface area contributed by atoms with Crippen molar-refractivity contribution >= 4 is 0 Å². The number of aliphatic hydroxyl groups is 1. The fraction of sp³-hybridized carbons (Fsp3) is 0.300. The maximum absolute atomic E-state index is 9.24. The standard InChI is InChI=1S/C10H10O/c11-10-6-5-8-3-1-2-4-9(8)7-10/h1-4,10-11H,5-6H2. The molecule has 0 amide bonds. The fourth-order valence-electron chi connectivity index (χ4n) is 1.42. The van der Waals surface area contributed by atoms with Crippen molar-refractivity contribution in [3.05, 3.63) is 41.8 Å². The third-order valence-electron chi connectivity index (χ3n) is 2.03. The van der Waals surface area contributed by atoms with Crippen LogP contribution in [0.5, 0.6) is 0 Å². The van der Waals surface area contributed by atoms with Crippen LogP contribution in [0.25, 0.3) is 0 Å². The molecule has 1 heteroatoms. The number of rotatable bonds is 0. The molecule has 0 saturated heterocycles. The molecule has 56 valence electrons. The second-order valence-electron chi connectivity index (χ2n) is 2.86. The molecule has 1 aliphatic rings. The van der Waals surface area contributed by atoms with Crippen molar-refractivity contribution in [3.8, 4) is 0 Å². The predicted octanol–water partition coefficient (Wildman–Crippen LogP) is 1.42. The van der Waals surface area contributed by atoms with E-state index in [1.54, 1.807) is 0 Å². The molecule has 0 saturated carbocycles. The van der Waals surface area contributed by atoms with Gasteiger partial charge in [0, 0.05) is 6.42 Å². The van der Waals surface area contributed by atoms with E-state index in [2.05, 4.69) is 12.5 Å². The quantitative estimate of drug-likeness (QED) is 0.587. The van der Waals surface area contributed by atoms with E-state index in [1.165, 1.54) is 5.56 Å². The van der Waals surface area contributed by atoms with Crippen LogP contribution in [0.15, 0.2) is 24.3 Å². The molecule has 2 radical (unpaired) electrons. The summed E-state index contributed by atoms with van der Waals surface area (Å²) in [5.41, 5.74) is 2.38. The van der Waals surface area contributed by atoms with Gasteiger partial charge in [0.1, 0.15) is 0 Å². The molecule has 1 atom stereocenters. The van der Waals surface area contributed by atoms with Crippen LogP contribution in [0.4, 0.5) is 0 Å². The zero-order valence-corrected chi connectivity index (χ0v) is 6.25. The number of benzene rings is 1. The van der Waals surface area contributed by atoms with E-state index in [0.717, 1.165) is 18.4 Å². The van der Waals surface area contributed by atoms with Gasteiger partial charge in [0.05, 0.1) is 6.10 Å². The third-order valence-corrected chi connectivity index (χ3v) is 2.03. The van der Waals surface area contributed by atoms with Gasteiger partial charge in [0.25, 0.3) is 0 Å². The lowest BCUT2D eigenvalue weighted by Crippen LogP contribution is -2.16. The summed E-state index contributed by atoms with van der Waals surface area (Å²) in [6.07, 6.45) is 4.45. The molecule has 1 aromatic rings. The first kappa shape index (κ1) is 6.86. The maximum Gasteiger partial charge on any atom is 0.0660 e. The normalized spacial score (nSPS) is 22.8. The molecular formula is C10H10O. The lowest BCUT2D eigenvalue weighted by Gasteiger charge is -2.18. The zero-order chi connectivity index (χ0) is 7.68. The largest absolute Gasteiger partial charge is 0.392 e. The average molecular weight is 146 g/mol. The number of hydrogen-bond acceptors (Lipinski definition) is 1. The van der Waals surface area contributed by atoms with Crippen molar-refractivity contribution in [2.24, 2.45) is 0 Å². The summed E-state index contributed by atoms with van der Waals surface area (Å²) in [5, 5.41) is 9.24. The second-order valence-corrected chi connectivity index (χ2v) is 2.86. The minimum absolute atomic E-state index is 0.357. The molecule has 0 bridgehead atoms. The molecule has 1 nitrogen and oxygen atoms in total. The monoisotopic (exact) mass is 146 g/mol. The molecule has 1 N–H and O–H groups in total. The Labute approximate surface area is 66.7 Å². The molecule has 1 aliphatic carbocycles.